The molecule has 0 aliphatic heterocycles. The van der Waals surface area contributed by atoms with Crippen molar-refractivity contribution in [1.29, 1.82) is 0 Å². The predicted octanol–water partition coefficient (Wildman–Crippen LogP) is 2.52. The van der Waals surface area contributed by atoms with Crippen LogP contribution in [0, 0.1) is 10.1 Å². The van der Waals surface area contributed by atoms with Crippen molar-refractivity contribution in [3.8, 4) is 5.75 Å². The van der Waals surface area contributed by atoms with Gasteiger partial charge >= 0.3 is 0 Å². The standard InChI is InChI=1S/C8H5NO3S/c10-7-4-13-8-3-5(9(11)12)1-2-6(7)8/h1-4,10H. The molecule has 1 aromatic heterocycles. The highest BCUT2D eigenvalue weighted by atomic mass is 32.1. The van der Waals surface area contributed by atoms with Crippen LogP contribution in [0.15, 0.2) is 23.6 Å². The second-order valence-corrected chi connectivity index (χ2v) is 3.47. The van der Waals surface area contributed by atoms with Crippen LogP contribution in [0.5, 0.6) is 5.75 Å². The lowest BCUT2D eigenvalue weighted by Gasteiger charge is -1.91. The summed E-state index contributed by atoms with van der Waals surface area (Å²) in [6.45, 7) is 0. The maximum Gasteiger partial charge on any atom is 0.270 e. The van der Waals surface area contributed by atoms with E-state index in [4.69, 9.17) is 0 Å². The number of fused-ring (bicyclic) bond motifs is 1. The molecular weight excluding hydrogens is 190 g/mol. The Morgan fingerprint density at radius 2 is 2.23 bits per heavy atom. The molecular formula is C8H5NO3S. The van der Waals surface area contributed by atoms with Gasteiger partial charge in [0.2, 0.25) is 0 Å². The number of non-ortho nitro benzene ring substituents is 1. The average Bonchev–Trinajstić information content (AvgIpc) is 2.47. The molecule has 1 N–H and O–H groups in total. The Morgan fingerprint density at radius 3 is 2.92 bits per heavy atom. The van der Waals surface area contributed by atoms with Gasteiger partial charge in [-0.15, -0.1) is 11.3 Å². The first-order valence-electron chi connectivity index (χ1n) is 3.53. The molecule has 0 saturated heterocycles. The lowest BCUT2D eigenvalue weighted by molar-refractivity contribution is -0.384. The number of nitro groups is 1. The van der Waals surface area contributed by atoms with Gasteiger partial charge in [0.05, 0.1) is 4.92 Å². The number of rotatable bonds is 1. The smallest absolute Gasteiger partial charge is 0.270 e. The molecule has 0 saturated carbocycles. The van der Waals surface area contributed by atoms with E-state index in [2.05, 4.69) is 0 Å². The molecule has 5 heteroatoms. The Morgan fingerprint density at radius 1 is 1.46 bits per heavy atom. The first-order valence-corrected chi connectivity index (χ1v) is 4.41. The number of thiophene rings is 1. The van der Waals surface area contributed by atoms with Gasteiger partial charge in [0, 0.05) is 27.6 Å². The lowest BCUT2D eigenvalue weighted by Crippen LogP contribution is -1.85. The molecule has 0 radical (unpaired) electrons. The van der Waals surface area contributed by atoms with Crippen molar-refractivity contribution in [2.45, 2.75) is 0 Å². The summed E-state index contributed by atoms with van der Waals surface area (Å²) in [5.74, 6) is 0.176. The molecule has 0 bridgehead atoms. The number of aromatic hydroxyl groups is 1. The zero-order valence-corrected chi connectivity index (χ0v) is 7.25. The van der Waals surface area contributed by atoms with Crippen LogP contribution >= 0.6 is 11.3 Å². The Labute approximate surface area is 77.2 Å². The third-order valence-corrected chi connectivity index (χ3v) is 2.68. The molecule has 0 atom stereocenters. The number of benzene rings is 1. The molecule has 1 aromatic carbocycles. The fraction of sp³-hybridized carbons (Fsp3) is 0. The minimum absolute atomic E-state index is 0.0503. The van der Waals surface area contributed by atoms with E-state index in [9.17, 15) is 15.2 Å². The van der Waals surface area contributed by atoms with Crippen LogP contribution in [0.4, 0.5) is 5.69 Å². The minimum atomic E-state index is -0.448. The van der Waals surface area contributed by atoms with Crippen LogP contribution in [0.2, 0.25) is 0 Å². The molecule has 1 heterocycles. The van der Waals surface area contributed by atoms with Crippen LogP contribution in [-0.2, 0) is 0 Å². The number of nitro benzene ring substituents is 1. The van der Waals surface area contributed by atoms with Crippen molar-refractivity contribution in [2.24, 2.45) is 0 Å². The first kappa shape index (κ1) is 8.00. The van der Waals surface area contributed by atoms with Crippen molar-refractivity contribution in [3.63, 3.8) is 0 Å². The van der Waals surface area contributed by atoms with Crippen LogP contribution < -0.4 is 0 Å². The molecule has 13 heavy (non-hydrogen) atoms. The van der Waals surface area contributed by atoms with E-state index in [1.165, 1.54) is 23.5 Å². The van der Waals surface area contributed by atoms with Crippen molar-refractivity contribution in [2.75, 3.05) is 0 Å². The van der Waals surface area contributed by atoms with E-state index >= 15 is 0 Å². The van der Waals surface area contributed by atoms with Crippen LogP contribution in [0.25, 0.3) is 10.1 Å². The minimum Gasteiger partial charge on any atom is -0.506 e. The Balaban J connectivity index is 2.70. The highest BCUT2D eigenvalue weighted by molar-refractivity contribution is 7.17. The van der Waals surface area contributed by atoms with Gasteiger partial charge in [-0.2, -0.15) is 0 Å². The molecule has 66 valence electrons. The zero-order valence-electron chi connectivity index (χ0n) is 6.43. The zero-order chi connectivity index (χ0) is 9.42. The molecule has 0 fully saturated rings. The van der Waals surface area contributed by atoms with Gasteiger partial charge in [0.15, 0.2) is 0 Å². The average molecular weight is 195 g/mol. The maximum atomic E-state index is 10.4. The molecule has 0 aliphatic carbocycles. The number of hydrogen-bond donors (Lipinski definition) is 1. The van der Waals surface area contributed by atoms with Crippen LogP contribution in [0.1, 0.15) is 0 Å². The lowest BCUT2D eigenvalue weighted by atomic mass is 10.2. The summed E-state index contributed by atoms with van der Waals surface area (Å²) < 4.78 is 0.728. The Bertz CT molecular complexity index is 477. The van der Waals surface area contributed by atoms with Crippen molar-refractivity contribution < 1.29 is 10.0 Å². The molecule has 0 amide bonds. The fourth-order valence-electron chi connectivity index (χ4n) is 1.12. The Hall–Kier alpha value is -1.62. The topological polar surface area (TPSA) is 63.4 Å². The van der Waals surface area contributed by atoms with E-state index in [1.807, 2.05) is 0 Å². The normalized spacial score (nSPS) is 10.5. The summed E-state index contributed by atoms with van der Waals surface area (Å²) in [4.78, 5) is 9.95. The second-order valence-electron chi connectivity index (χ2n) is 2.56. The van der Waals surface area contributed by atoms with E-state index in [-0.39, 0.29) is 11.4 Å². The van der Waals surface area contributed by atoms with Crippen molar-refractivity contribution in [3.05, 3.63) is 33.7 Å². The van der Waals surface area contributed by atoms with Crippen LogP contribution in [-0.4, -0.2) is 10.0 Å². The Kier molecular flexibility index (Phi) is 1.66. The van der Waals surface area contributed by atoms with Gasteiger partial charge in [0.1, 0.15) is 5.75 Å². The first-order chi connectivity index (χ1) is 6.18. The van der Waals surface area contributed by atoms with E-state index < -0.39 is 4.92 Å². The van der Waals surface area contributed by atoms with Crippen molar-refractivity contribution >= 4 is 27.1 Å². The second kappa shape index (κ2) is 2.70. The fourth-order valence-corrected chi connectivity index (χ4v) is 1.97. The quantitative estimate of drug-likeness (QED) is 0.561. The van der Waals surface area contributed by atoms with E-state index in [0.717, 1.165) is 4.70 Å². The summed E-state index contributed by atoms with van der Waals surface area (Å²) >= 11 is 1.29. The highest BCUT2D eigenvalue weighted by Crippen LogP contribution is 2.33. The predicted molar refractivity (Wildman–Crippen MR) is 50.1 cm³/mol. The molecule has 0 spiro atoms. The van der Waals surface area contributed by atoms with Gasteiger partial charge in [-0.1, -0.05) is 0 Å². The van der Waals surface area contributed by atoms with Gasteiger partial charge in [-0.3, -0.25) is 10.1 Å². The van der Waals surface area contributed by atoms with Gasteiger partial charge in [-0.25, -0.2) is 0 Å². The summed E-state index contributed by atoms with van der Waals surface area (Å²) in [5, 5.41) is 21.9. The summed E-state index contributed by atoms with van der Waals surface area (Å²) in [6, 6.07) is 4.40. The van der Waals surface area contributed by atoms with Crippen LogP contribution in [0.3, 0.4) is 0 Å². The molecule has 2 aromatic rings. The third kappa shape index (κ3) is 1.23. The molecule has 0 unspecified atom stereocenters. The van der Waals surface area contributed by atoms with E-state index in [0.29, 0.717) is 5.39 Å². The third-order valence-electron chi connectivity index (χ3n) is 1.75. The molecule has 0 aliphatic rings. The van der Waals surface area contributed by atoms with Gasteiger partial charge < -0.3 is 5.11 Å². The monoisotopic (exact) mass is 195 g/mol. The largest absolute Gasteiger partial charge is 0.506 e. The number of nitrogens with zero attached hydrogens (tertiary/aromatic N) is 1. The SMILES string of the molecule is O=[N+]([O-])c1ccc2c(O)csc2c1. The van der Waals surface area contributed by atoms with E-state index in [1.54, 1.807) is 11.4 Å². The van der Waals surface area contributed by atoms with Crippen molar-refractivity contribution in [1.82, 2.24) is 0 Å². The number of hydrogen-bond acceptors (Lipinski definition) is 4. The highest BCUT2D eigenvalue weighted by Gasteiger charge is 2.08. The summed E-state index contributed by atoms with van der Waals surface area (Å²) in [6.07, 6.45) is 0. The van der Waals surface area contributed by atoms with Gasteiger partial charge in [0.25, 0.3) is 5.69 Å². The summed E-state index contributed by atoms with van der Waals surface area (Å²) in [7, 11) is 0. The molecule has 4 nitrogen and oxygen atoms in total. The summed E-state index contributed by atoms with van der Waals surface area (Å²) in [5.41, 5.74) is 0.0503. The maximum absolute atomic E-state index is 10.4. The van der Waals surface area contributed by atoms with Gasteiger partial charge in [-0.05, 0) is 6.07 Å². The molecule has 2 rings (SSSR count).